The average molecular weight is 319 g/mol. The van der Waals surface area contributed by atoms with Gasteiger partial charge in [-0.05, 0) is 28.7 Å². The molecule has 3 nitrogen and oxygen atoms in total. The van der Waals surface area contributed by atoms with Crippen LogP contribution in [0, 0.1) is 26.4 Å². The van der Waals surface area contributed by atoms with Crippen LogP contribution in [-0.4, -0.2) is 4.98 Å². The molecule has 0 saturated carbocycles. The van der Waals surface area contributed by atoms with E-state index in [2.05, 4.69) is 4.98 Å². The third-order valence-corrected chi connectivity index (χ3v) is 2.24. The predicted molar refractivity (Wildman–Crippen MR) is 55.9 cm³/mol. The lowest BCUT2D eigenvalue weighted by Crippen LogP contribution is -2.03. The average Bonchev–Trinajstić information content (AvgIpc) is 2.16. The first-order chi connectivity index (χ1) is 7.10. The van der Waals surface area contributed by atoms with Crippen LogP contribution in [0.15, 0.2) is 6.07 Å². The summed E-state index contributed by atoms with van der Waals surface area (Å²) < 4.78 is 25.7. The van der Waals surface area contributed by atoms with E-state index in [9.17, 15) is 8.78 Å². The van der Waals surface area contributed by atoms with Crippen molar-refractivity contribution in [2.45, 2.75) is 12.8 Å². The van der Waals surface area contributed by atoms with E-state index in [1.54, 1.807) is 12.1 Å². The molecule has 1 rings (SSSR count). The number of hydrogen-bond acceptors (Lipinski definition) is 3. The second kappa shape index (κ2) is 4.99. The second-order valence-corrected chi connectivity index (χ2v) is 3.71. The van der Waals surface area contributed by atoms with Crippen LogP contribution in [0.1, 0.15) is 23.2 Å². The normalized spacial score (nSPS) is 9.73. The van der Waals surface area contributed by atoms with Crippen molar-refractivity contribution >= 4 is 22.6 Å². The summed E-state index contributed by atoms with van der Waals surface area (Å²) in [5.74, 6) is 0. The Bertz CT molecular complexity index is 460. The molecule has 0 atom stereocenters. The van der Waals surface area contributed by atoms with Crippen molar-refractivity contribution in [1.82, 2.24) is 4.98 Å². The van der Waals surface area contributed by atoms with Crippen molar-refractivity contribution < 1.29 is 8.78 Å². The zero-order valence-corrected chi connectivity index (χ0v) is 9.49. The van der Waals surface area contributed by atoms with Gasteiger partial charge in [0.1, 0.15) is 3.70 Å². The largest absolute Gasteiger partial charge is 0.266 e. The van der Waals surface area contributed by atoms with Crippen LogP contribution in [0.25, 0.3) is 0 Å². The van der Waals surface area contributed by atoms with E-state index in [1.165, 1.54) is 6.07 Å². The fourth-order valence-electron chi connectivity index (χ4n) is 1.12. The molecule has 0 unspecified atom stereocenters. The minimum absolute atomic E-state index is 0.0176. The van der Waals surface area contributed by atoms with Gasteiger partial charge in [0.15, 0.2) is 0 Å². The van der Waals surface area contributed by atoms with Gasteiger partial charge in [-0.15, -0.1) is 0 Å². The third-order valence-electron chi connectivity index (χ3n) is 1.69. The fraction of sp³-hybridized carbons (Fsp3) is 0.222. The van der Waals surface area contributed by atoms with Gasteiger partial charge < -0.3 is 0 Å². The maximum absolute atomic E-state index is 12.6. The summed E-state index contributed by atoms with van der Waals surface area (Å²) >= 11 is 1.82. The lowest BCUT2D eigenvalue weighted by Gasteiger charge is -2.07. The molecule has 0 aliphatic carbocycles. The second-order valence-electron chi connectivity index (χ2n) is 2.60. The molecule has 0 amide bonds. The van der Waals surface area contributed by atoms with Crippen LogP contribution >= 0.6 is 22.6 Å². The van der Waals surface area contributed by atoms with Crippen molar-refractivity contribution in [2.75, 3.05) is 0 Å². The number of halogens is 3. The van der Waals surface area contributed by atoms with E-state index < -0.39 is 12.0 Å². The van der Waals surface area contributed by atoms with Gasteiger partial charge in [0.2, 0.25) is 0 Å². The Hall–Kier alpha value is -1.28. The summed E-state index contributed by atoms with van der Waals surface area (Å²) in [5, 5.41) is 17.1. The molecule has 6 heteroatoms. The first-order valence-electron chi connectivity index (χ1n) is 3.84. The number of alkyl halides is 2. The molecule has 1 heterocycles. The molecule has 0 bridgehead atoms. The molecule has 0 radical (unpaired) electrons. The molecule has 0 aliphatic heterocycles. The van der Waals surface area contributed by atoms with Gasteiger partial charge in [-0.1, -0.05) is 0 Å². The topological polar surface area (TPSA) is 60.5 Å². The van der Waals surface area contributed by atoms with Crippen LogP contribution in [-0.2, 0) is 6.42 Å². The molecular weight excluding hydrogens is 315 g/mol. The molecule has 1 aromatic rings. The standard InChI is InChI=1S/C9H4F2IN3/c10-9(11)8-5(4-14)3-7(12)15-6(8)1-2-13/h3,9H,1H2. The summed E-state index contributed by atoms with van der Waals surface area (Å²) in [6, 6.07) is 4.71. The predicted octanol–water partition coefficient (Wildman–Crippen LogP) is 2.56. The van der Waals surface area contributed by atoms with E-state index in [1.807, 2.05) is 22.6 Å². The van der Waals surface area contributed by atoms with E-state index in [-0.39, 0.29) is 17.7 Å². The van der Waals surface area contributed by atoms with Gasteiger partial charge in [0.25, 0.3) is 6.43 Å². The third kappa shape index (κ3) is 2.60. The number of hydrogen-bond donors (Lipinski definition) is 0. The van der Waals surface area contributed by atoms with Crippen molar-refractivity contribution in [3.63, 3.8) is 0 Å². The zero-order chi connectivity index (χ0) is 11.4. The lowest BCUT2D eigenvalue weighted by molar-refractivity contribution is 0.149. The summed E-state index contributed by atoms with van der Waals surface area (Å²) in [6.07, 6.45) is -3.00. The Kier molecular flexibility index (Phi) is 3.92. The quantitative estimate of drug-likeness (QED) is 0.622. The fourth-order valence-corrected chi connectivity index (χ4v) is 1.72. The summed E-state index contributed by atoms with van der Waals surface area (Å²) in [4.78, 5) is 3.83. The molecule has 0 aromatic carbocycles. The number of rotatable bonds is 2. The molecule has 0 saturated heterocycles. The van der Waals surface area contributed by atoms with Crippen molar-refractivity contribution in [3.8, 4) is 12.1 Å². The first-order valence-corrected chi connectivity index (χ1v) is 4.92. The lowest BCUT2D eigenvalue weighted by atomic mass is 10.1. The van der Waals surface area contributed by atoms with Gasteiger partial charge >= 0.3 is 0 Å². The smallest absolute Gasteiger partial charge is 0.245 e. The van der Waals surface area contributed by atoms with Gasteiger partial charge in [-0.3, -0.25) is 0 Å². The number of pyridine rings is 1. The maximum atomic E-state index is 12.6. The van der Waals surface area contributed by atoms with Crippen LogP contribution in [0.5, 0.6) is 0 Å². The highest BCUT2D eigenvalue weighted by molar-refractivity contribution is 14.1. The Morgan fingerprint density at radius 3 is 2.60 bits per heavy atom. The highest BCUT2D eigenvalue weighted by Gasteiger charge is 2.19. The molecule has 0 spiro atoms. The molecular formula is C9H4F2IN3. The van der Waals surface area contributed by atoms with E-state index >= 15 is 0 Å². The van der Waals surface area contributed by atoms with Crippen LogP contribution in [0.4, 0.5) is 8.78 Å². The van der Waals surface area contributed by atoms with Gasteiger partial charge in [-0.25, -0.2) is 13.8 Å². The summed E-state index contributed by atoms with van der Waals surface area (Å²) in [6.45, 7) is 0. The Labute approximate surface area is 98.5 Å². The number of aromatic nitrogens is 1. The van der Waals surface area contributed by atoms with Crippen LogP contribution < -0.4 is 0 Å². The molecule has 76 valence electrons. The Morgan fingerprint density at radius 1 is 1.47 bits per heavy atom. The Morgan fingerprint density at radius 2 is 2.13 bits per heavy atom. The maximum Gasteiger partial charge on any atom is 0.266 e. The van der Waals surface area contributed by atoms with Gasteiger partial charge in [0.05, 0.1) is 35.4 Å². The number of nitrogens with zero attached hydrogens (tertiary/aromatic N) is 3. The molecule has 0 N–H and O–H groups in total. The minimum atomic E-state index is -2.78. The molecule has 0 fully saturated rings. The summed E-state index contributed by atoms with van der Waals surface area (Å²) in [5.41, 5.74) is -0.565. The van der Waals surface area contributed by atoms with Gasteiger partial charge in [-0.2, -0.15) is 10.5 Å². The van der Waals surface area contributed by atoms with E-state index in [0.717, 1.165) is 0 Å². The van der Waals surface area contributed by atoms with E-state index in [0.29, 0.717) is 3.70 Å². The summed E-state index contributed by atoms with van der Waals surface area (Å²) in [7, 11) is 0. The van der Waals surface area contributed by atoms with Crippen molar-refractivity contribution in [3.05, 3.63) is 26.6 Å². The highest BCUT2D eigenvalue weighted by Crippen LogP contribution is 2.26. The minimum Gasteiger partial charge on any atom is -0.245 e. The van der Waals surface area contributed by atoms with Crippen molar-refractivity contribution in [1.29, 1.82) is 10.5 Å². The SMILES string of the molecule is N#CCc1nc(I)cc(C#N)c1C(F)F. The number of nitriles is 2. The first kappa shape index (κ1) is 11.8. The highest BCUT2D eigenvalue weighted by atomic mass is 127. The van der Waals surface area contributed by atoms with Crippen molar-refractivity contribution in [2.24, 2.45) is 0 Å². The van der Waals surface area contributed by atoms with Crippen LogP contribution in [0.3, 0.4) is 0 Å². The molecule has 1 aromatic heterocycles. The molecule has 15 heavy (non-hydrogen) atoms. The molecule has 0 aliphatic rings. The monoisotopic (exact) mass is 319 g/mol. The zero-order valence-electron chi connectivity index (χ0n) is 7.34. The Balaban J connectivity index is 3.43. The van der Waals surface area contributed by atoms with Crippen LogP contribution in [0.2, 0.25) is 0 Å². The van der Waals surface area contributed by atoms with Gasteiger partial charge in [0, 0.05) is 0 Å². The van der Waals surface area contributed by atoms with E-state index in [4.69, 9.17) is 10.5 Å².